The van der Waals surface area contributed by atoms with Crippen LogP contribution in [-0.4, -0.2) is 50.3 Å². The molecule has 2 nitrogen and oxygen atoms in total. The average Bonchev–Trinajstić information content (AvgIpc) is 2.38. The molecule has 0 amide bonds. The van der Waals surface area contributed by atoms with E-state index in [1.165, 1.54) is 70.8 Å². The maximum absolute atomic E-state index is 2.50. The molecule has 0 aromatic rings. The van der Waals surface area contributed by atoms with Crippen molar-refractivity contribution < 1.29 is 4.48 Å². The van der Waals surface area contributed by atoms with Gasteiger partial charge in [-0.3, -0.25) is 4.90 Å². The quantitative estimate of drug-likeness (QED) is 0.264. The van der Waals surface area contributed by atoms with Crippen LogP contribution in [0.15, 0.2) is 0 Å². The third-order valence-corrected chi connectivity index (χ3v) is 4.62. The number of hydrogen-bond donors (Lipinski definition) is 0. The second kappa shape index (κ2) is 11.6. The third-order valence-electron chi connectivity index (χ3n) is 4.62. The lowest BCUT2D eigenvalue weighted by Crippen LogP contribution is -2.52. The van der Waals surface area contributed by atoms with Crippen LogP contribution in [0.3, 0.4) is 0 Å². The zero-order valence-electron chi connectivity index (χ0n) is 15.2. The van der Waals surface area contributed by atoms with Crippen LogP contribution in [0.1, 0.15) is 78.1 Å². The molecule has 2 heteroatoms. The predicted octanol–water partition coefficient (Wildman–Crippen LogP) is 4.89. The summed E-state index contributed by atoms with van der Waals surface area (Å²) >= 11 is 0. The number of hydrogen-bond acceptors (Lipinski definition) is 1. The SMILES string of the molecule is CCCCCCCCCCCCN(C)C(C)[N+](C)(C)C. The number of unbranched alkanes of at least 4 members (excludes halogenated alkanes) is 9. The lowest BCUT2D eigenvalue weighted by molar-refractivity contribution is -0.905. The Balaban J connectivity index is 3.36. The fraction of sp³-hybridized carbons (Fsp3) is 1.00. The third kappa shape index (κ3) is 10.7. The minimum absolute atomic E-state index is 0.605. The summed E-state index contributed by atoms with van der Waals surface area (Å²) < 4.78 is 1.02. The molecule has 0 saturated heterocycles. The minimum Gasteiger partial charge on any atom is -0.316 e. The molecule has 1 atom stereocenters. The summed E-state index contributed by atoms with van der Waals surface area (Å²) in [6.07, 6.45) is 14.8. The van der Waals surface area contributed by atoms with E-state index in [2.05, 4.69) is 46.9 Å². The second-order valence-electron chi connectivity index (χ2n) is 7.41. The Morgan fingerprint density at radius 1 is 0.750 bits per heavy atom. The fourth-order valence-electron chi connectivity index (χ4n) is 2.63. The molecule has 0 aromatic heterocycles. The molecule has 1 unspecified atom stereocenters. The molecule has 0 aliphatic heterocycles. The molecule has 0 rings (SSSR count). The summed E-state index contributed by atoms with van der Waals surface area (Å²) in [5, 5.41) is 0. The average molecular weight is 286 g/mol. The lowest BCUT2D eigenvalue weighted by Gasteiger charge is -2.37. The van der Waals surface area contributed by atoms with Crippen molar-refractivity contribution in [3.63, 3.8) is 0 Å². The van der Waals surface area contributed by atoms with Crippen molar-refractivity contribution in [3.8, 4) is 0 Å². The Labute approximate surface area is 129 Å². The molecule has 0 aliphatic carbocycles. The van der Waals surface area contributed by atoms with Gasteiger partial charge in [-0.2, -0.15) is 0 Å². The molecular weight excluding hydrogens is 244 g/mol. The van der Waals surface area contributed by atoms with E-state index in [4.69, 9.17) is 0 Å². The van der Waals surface area contributed by atoms with Crippen molar-refractivity contribution in [1.29, 1.82) is 0 Å². The van der Waals surface area contributed by atoms with Crippen molar-refractivity contribution in [2.24, 2.45) is 0 Å². The smallest absolute Gasteiger partial charge is 0.141 e. The van der Waals surface area contributed by atoms with E-state index in [0.29, 0.717) is 6.17 Å². The molecule has 122 valence electrons. The van der Waals surface area contributed by atoms with Crippen molar-refractivity contribution in [2.45, 2.75) is 84.2 Å². The topological polar surface area (TPSA) is 3.24 Å². The van der Waals surface area contributed by atoms with Crippen LogP contribution in [0.4, 0.5) is 0 Å². The van der Waals surface area contributed by atoms with E-state index in [-0.39, 0.29) is 0 Å². The highest BCUT2D eigenvalue weighted by Crippen LogP contribution is 2.12. The Kier molecular flexibility index (Phi) is 11.5. The number of nitrogens with zero attached hydrogens (tertiary/aromatic N) is 2. The normalized spacial score (nSPS) is 13.9. The maximum Gasteiger partial charge on any atom is 0.141 e. The van der Waals surface area contributed by atoms with Crippen LogP contribution in [-0.2, 0) is 0 Å². The first kappa shape index (κ1) is 19.9. The van der Waals surface area contributed by atoms with E-state index in [1.807, 2.05) is 0 Å². The minimum atomic E-state index is 0.605. The second-order valence-corrected chi connectivity index (χ2v) is 7.41. The highest BCUT2D eigenvalue weighted by Gasteiger charge is 2.21. The van der Waals surface area contributed by atoms with Gasteiger partial charge >= 0.3 is 0 Å². The van der Waals surface area contributed by atoms with Crippen molar-refractivity contribution in [2.75, 3.05) is 34.7 Å². The first-order chi connectivity index (χ1) is 9.39. The van der Waals surface area contributed by atoms with Gasteiger partial charge in [0, 0.05) is 13.5 Å². The molecular formula is C18H41N2+. The van der Waals surface area contributed by atoms with Gasteiger partial charge in [-0.25, -0.2) is 0 Å². The zero-order valence-corrected chi connectivity index (χ0v) is 15.2. The van der Waals surface area contributed by atoms with Gasteiger partial charge in [0.2, 0.25) is 0 Å². The summed E-state index contributed by atoms with van der Waals surface area (Å²) in [5.74, 6) is 0. The lowest BCUT2D eigenvalue weighted by atomic mass is 10.1. The van der Waals surface area contributed by atoms with Gasteiger partial charge < -0.3 is 4.48 Å². The van der Waals surface area contributed by atoms with E-state index >= 15 is 0 Å². The molecule has 0 N–H and O–H groups in total. The fourth-order valence-corrected chi connectivity index (χ4v) is 2.63. The van der Waals surface area contributed by atoms with Crippen molar-refractivity contribution in [1.82, 2.24) is 4.90 Å². The highest BCUT2D eigenvalue weighted by atomic mass is 15.4. The molecule has 0 heterocycles. The molecule has 20 heavy (non-hydrogen) atoms. The zero-order chi connectivity index (χ0) is 15.4. The number of rotatable bonds is 13. The molecule has 0 saturated carbocycles. The van der Waals surface area contributed by atoms with Crippen molar-refractivity contribution in [3.05, 3.63) is 0 Å². The van der Waals surface area contributed by atoms with Gasteiger partial charge in [-0.05, 0) is 13.5 Å². The van der Waals surface area contributed by atoms with Crippen LogP contribution in [0.5, 0.6) is 0 Å². The van der Waals surface area contributed by atoms with Gasteiger partial charge in [-0.15, -0.1) is 0 Å². The molecule has 0 fully saturated rings. The van der Waals surface area contributed by atoms with Gasteiger partial charge in [0.1, 0.15) is 6.17 Å². The Morgan fingerprint density at radius 2 is 1.15 bits per heavy atom. The van der Waals surface area contributed by atoms with Gasteiger partial charge in [0.25, 0.3) is 0 Å². The van der Waals surface area contributed by atoms with Crippen LogP contribution < -0.4 is 0 Å². The maximum atomic E-state index is 2.50. The Morgan fingerprint density at radius 3 is 1.55 bits per heavy atom. The summed E-state index contributed by atoms with van der Waals surface area (Å²) in [7, 11) is 9.10. The Bertz CT molecular complexity index is 208. The van der Waals surface area contributed by atoms with E-state index < -0.39 is 0 Å². The summed E-state index contributed by atoms with van der Waals surface area (Å²) in [4.78, 5) is 2.50. The number of quaternary nitrogens is 1. The summed E-state index contributed by atoms with van der Waals surface area (Å²) in [5.41, 5.74) is 0. The van der Waals surface area contributed by atoms with E-state index in [1.54, 1.807) is 0 Å². The van der Waals surface area contributed by atoms with Gasteiger partial charge in [0.15, 0.2) is 0 Å². The van der Waals surface area contributed by atoms with Gasteiger partial charge in [-0.1, -0.05) is 64.7 Å². The van der Waals surface area contributed by atoms with E-state index in [0.717, 1.165) is 4.48 Å². The van der Waals surface area contributed by atoms with Crippen LogP contribution in [0.2, 0.25) is 0 Å². The predicted molar refractivity (Wildman–Crippen MR) is 92.0 cm³/mol. The molecule has 0 aliphatic rings. The van der Waals surface area contributed by atoms with Gasteiger partial charge in [0.05, 0.1) is 21.1 Å². The molecule has 0 spiro atoms. The molecule has 0 bridgehead atoms. The highest BCUT2D eigenvalue weighted by molar-refractivity contribution is 4.55. The van der Waals surface area contributed by atoms with E-state index in [9.17, 15) is 0 Å². The van der Waals surface area contributed by atoms with Crippen LogP contribution >= 0.6 is 0 Å². The summed E-state index contributed by atoms with van der Waals surface area (Å²) in [6, 6.07) is 0. The van der Waals surface area contributed by atoms with Crippen LogP contribution in [0, 0.1) is 0 Å². The largest absolute Gasteiger partial charge is 0.316 e. The molecule has 0 aromatic carbocycles. The molecule has 0 radical (unpaired) electrons. The first-order valence-corrected chi connectivity index (χ1v) is 8.91. The van der Waals surface area contributed by atoms with Crippen molar-refractivity contribution >= 4 is 0 Å². The summed E-state index contributed by atoms with van der Waals surface area (Å²) in [6.45, 7) is 5.86. The first-order valence-electron chi connectivity index (χ1n) is 8.91. The standard InChI is InChI=1S/C18H41N2/c1-7-8-9-10-11-12-13-14-15-16-17-19(3)18(2)20(4,5)6/h18H,7-17H2,1-6H3/q+1. The van der Waals surface area contributed by atoms with Crippen LogP contribution in [0.25, 0.3) is 0 Å². The monoisotopic (exact) mass is 285 g/mol. The Hall–Kier alpha value is -0.0800.